The minimum absolute atomic E-state index is 0.218. The Morgan fingerprint density at radius 2 is 1.92 bits per heavy atom. The van der Waals surface area contributed by atoms with Crippen molar-refractivity contribution in [3.63, 3.8) is 0 Å². The van der Waals surface area contributed by atoms with E-state index in [-0.39, 0.29) is 5.56 Å². The van der Waals surface area contributed by atoms with E-state index in [1.165, 1.54) is 0 Å². The van der Waals surface area contributed by atoms with E-state index >= 15 is 0 Å². The highest BCUT2D eigenvalue weighted by molar-refractivity contribution is 6.33. The zero-order chi connectivity index (χ0) is 16.5. The zero-order valence-corrected chi connectivity index (χ0v) is 13.6. The van der Waals surface area contributed by atoms with Crippen LogP contribution >= 0.6 is 11.6 Å². The summed E-state index contributed by atoms with van der Waals surface area (Å²) in [5.74, 6) is 0.527. The van der Waals surface area contributed by atoms with Gasteiger partial charge in [-0.05, 0) is 12.1 Å². The largest absolute Gasteiger partial charge is 0.378 e. The van der Waals surface area contributed by atoms with Crippen molar-refractivity contribution >= 4 is 28.6 Å². The van der Waals surface area contributed by atoms with Gasteiger partial charge < -0.3 is 9.64 Å². The Morgan fingerprint density at radius 1 is 1.12 bits per heavy atom. The number of nitrogens with zero attached hydrogens (tertiary/aromatic N) is 3. The van der Waals surface area contributed by atoms with E-state index in [2.05, 4.69) is 15.0 Å². The molecule has 1 aliphatic heterocycles. The molecule has 1 saturated heterocycles. The van der Waals surface area contributed by atoms with Crippen LogP contribution in [0.25, 0.3) is 22.2 Å². The lowest BCUT2D eigenvalue weighted by atomic mass is 10.0. The quantitative estimate of drug-likeness (QED) is 0.774. The Morgan fingerprint density at radius 3 is 2.71 bits per heavy atom. The predicted octanol–water partition coefficient (Wildman–Crippen LogP) is 2.48. The molecule has 3 aromatic rings. The third kappa shape index (κ3) is 2.64. The summed E-state index contributed by atoms with van der Waals surface area (Å²) < 4.78 is 5.34. The van der Waals surface area contributed by atoms with E-state index in [4.69, 9.17) is 16.3 Å². The second-order valence-corrected chi connectivity index (χ2v) is 5.93. The maximum absolute atomic E-state index is 12.7. The van der Waals surface area contributed by atoms with Gasteiger partial charge in [-0.25, -0.2) is 4.98 Å². The molecule has 1 aliphatic rings. The highest BCUT2D eigenvalue weighted by Gasteiger charge is 2.17. The molecule has 0 saturated carbocycles. The third-order valence-corrected chi connectivity index (χ3v) is 4.40. The lowest BCUT2D eigenvalue weighted by Crippen LogP contribution is -2.38. The number of aromatic amines is 1. The number of nitrogens with one attached hydrogen (secondary N) is 1. The first kappa shape index (κ1) is 15.1. The summed E-state index contributed by atoms with van der Waals surface area (Å²) in [5, 5.41) is 1.03. The van der Waals surface area contributed by atoms with Gasteiger partial charge in [-0.3, -0.25) is 9.78 Å². The zero-order valence-electron chi connectivity index (χ0n) is 12.8. The van der Waals surface area contributed by atoms with E-state index in [9.17, 15) is 4.79 Å². The fraction of sp³-hybridized carbons (Fsp3) is 0.235. The van der Waals surface area contributed by atoms with Gasteiger partial charge in [-0.2, -0.15) is 4.98 Å². The standard InChI is InChI=1S/C17H15ClN4O2/c18-13-4-2-1-3-11(13)12-5-6-19-15-14(12)16(23)21-17(20-15)22-7-9-24-10-8-22/h1-6H,7-10H2,(H,19,20,21,23). The minimum atomic E-state index is -0.218. The Labute approximate surface area is 143 Å². The Balaban J connectivity index is 1.89. The molecule has 3 heterocycles. The molecular formula is C17H15ClN4O2. The Kier molecular flexibility index (Phi) is 3.92. The summed E-state index contributed by atoms with van der Waals surface area (Å²) in [6.07, 6.45) is 1.65. The number of halogens is 1. The first-order valence-corrected chi connectivity index (χ1v) is 8.08. The molecule has 6 nitrogen and oxygen atoms in total. The van der Waals surface area contributed by atoms with Crippen LogP contribution in [-0.2, 0) is 4.74 Å². The van der Waals surface area contributed by atoms with Crippen LogP contribution < -0.4 is 10.5 Å². The number of fused-ring (bicyclic) bond motifs is 1. The molecule has 2 aromatic heterocycles. The minimum Gasteiger partial charge on any atom is -0.378 e. The number of aromatic nitrogens is 3. The maximum atomic E-state index is 12.7. The maximum Gasteiger partial charge on any atom is 0.262 e. The van der Waals surface area contributed by atoms with Gasteiger partial charge in [0.2, 0.25) is 5.95 Å². The van der Waals surface area contributed by atoms with Crippen LogP contribution in [0.15, 0.2) is 41.3 Å². The van der Waals surface area contributed by atoms with Gasteiger partial charge in [0.25, 0.3) is 5.56 Å². The summed E-state index contributed by atoms with van der Waals surface area (Å²) in [7, 11) is 0. The molecule has 0 bridgehead atoms. The SMILES string of the molecule is O=c1[nH]c(N2CCOCC2)nc2nccc(-c3ccccc3Cl)c12. The summed E-state index contributed by atoms with van der Waals surface area (Å²) in [4.78, 5) is 26.4. The second kappa shape index (κ2) is 6.22. The first-order valence-electron chi connectivity index (χ1n) is 7.70. The van der Waals surface area contributed by atoms with Crippen molar-refractivity contribution in [1.29, 1.82) is 0 Å². The Bertz CT molecular complexity index is 951. The number of benzene rings is 1. The van der Waals surface area contributed by atoms with E-state index in [0.29, 0.717) is 48.3 Å². The van der Waals surface area contributed by atoms with Crippen LogP contribution in [0.5, 0.6) is 0 Å². The summed E-state index contributed by atoms with van der Waals surface area (Å²) in [6, 6.07) is 9.21. The van der Waals surface area contributed by atoms with Crippen LogP contribution in [0, 0.1) is 0 Å². The molecule has 122 valence electrons. The molecule has 0 aliphatic carbocycles. The summed E-state index contributed by atoms with van der Waals surface area (Å²) >= 11 is 6.29. The fourth-order valence-corrected chi connectivity index (χ4v) is 3.12. The van der Waals surface area contributed by atoms with Gasteiger partial charge in [-0.15, -0.1) is 0 Å². The van der Waals surface area contributed by atoms with Crippen molar-refractivity contribution in [3.05, 3.63) is 51.9 Å². The number of H-pyrrole nitrogens is 1. The average Bonchev–Trinajstić information content (AvgIpc) is 2.62. The highest BCUT2D eigenvalue weighted by atomic mass is 35.5. The second-order valence-electron chi connectivity index (χ2n) is 5.53. The van der Waals surface area contributed by atoms with E-state index in [1.807, 2.05) is 23.1 Å². The van der Waals surface area contributed by atoms with Crippen molar-refractivity contribution < 1.29 is 4.74 Å². The van der Waals surface area contributed by atoms with Crippen LogP contribution in [-0.4, -0.2) is 41.3 Å². The molecule has 4 rings (SSSR count). The van der Waals surface area contributed by atoms with Crippen LogP contribution in [0.2, 0.25) is 5.02 Å². The molecule has 1 aromatic carbocycles. The average molecular weight is 343 g/mol. The summed E-state index contributed by atoms with van der Waals surface area (Å²) in [6.45, 7) is 2.63. The number of morpholine rings is 1. The number of hydrogen-bond acceptors (Lipinski definition) is 5. The van der Waals surface area contributed by atoms with Gasteiger partial charge in [0.15, 0.2) is 5.65 Å². The van der Waals surface area contributed by atoms with Crippen LogP contribution in [0.4, 0.5) is 5.95 Å². The van der Waals surface area contributed by atoms with E-state index < -0.39 is 0 Å². The highest BCUT2D eigenvalue weighted by Crippen LogP contribution is 2.30. The molecule has 1 N–H and O–H groups in total. The van der Waals surface area contributed by atoms with Gasteiger partial charge in [0.1, 0.15) is 0 Å². The van der Waals surface area contributed by atoms with Crippen molar-refractivity contribution in [3.8, 4) is 11.1 Å². The fourth-order valence-electron chi connectivity index (χ4n) is 2.88. The molecule has 7 heteroatoms. The molecule has 0 spiro atoms. The Hall–Kier alpha value is -2.44. The van der Waals surface area contributed by atoms with Crippen molar-refractivity contribution in [2.24, 2.45) is 0 Å². The lowest BCUT2D eigenvalue weighted by molar-refractivity contribution is 0.122. The number of pyridine rings is 1. The molecule has 1 fully saturated rings. The topological polar surface area (TPSA) is 71.1 Å². The van der Waals surface area contributed by atoms with Gasteiger partial charge in [-0.1, -0.05) is 29.8 Å². The van der Waals surface area contributed by atoms with Crippen LogP contribution in [0.1, 0.15) is 0 Å². The van der Waals surface area contributed by atoms with Crippen molar-refractivity contribution in [2.75, 3.05) is 31.2 Å². The van der Waals surface area contributed by atoms with Crippen molar-refractivity contribution in [1.82, 2.24) is 15.0 Å². The van der Waals surface area contributed by atoms with Crippen molar-refractivity contribution in [2.45, 2.75) is 0 Å². The van der Waals surface area contributed by atoms with Gasteiger partial charge in [0, 0.05) is 35.4 Å². The molecule has 0 amide bonds. The molecular weight excluding hydrogens is 328 g/mol. The number of rotatable bonds is 2. The van der Waals surface area contributed by atoms with E-state index in [1.54, 1.807) is 18.3 Å². The number of hydrogen-bond donors (Lipinski definition) is 1. The third-order valence-electron chi connectivity index (χ3n) is 4.07. The normalized spacial score (nSPS) is 15.0. The summed E-state index contributed by atoms with van der Waals surface area (Å²) in [5.41, 5.74) is 1.72. The molecule has 0 atom stereocenters. The smallest absolute Gasteiger partial charge is 0.262 e. The first-order chi connectivity index (χ1) is 11.7. The molecule has 0 unspecified atom stereocenters. The molecule has 24 heavy (non-hydrogen) atoms. The van der Waals surface area contributed by atoms with Gasteiger partial charge >= 0.3 is 0 Å². The predicted molar refractivity (Wildman–Crippen MR) is 93.6 cm³/mol. The monoisotopic (exact) mass is 342 g/mol. The number of anilines is 1. The van der Waals surface area contributed by atoms with Crippen LogP contribution in [0.3, 0.4) is 0 Å². The lowest BCUT2D eigenvalue weighted by Gasteiger charge is -2.27. The van der Waals surface area contributed by atoms with E-state index in [0.717, 1.165) is 11.1 Å². The number of ether oxygens (including phenoxy) is 1. The van der Waals surface area contributed by atoms with Gasteiger partial charge in [0.05, 0.1) is 18.6 Å². The molecule has 0 radical (unpaired) electrons.